The van der Waals surface area contributed by atoms with Crippen LogP contribution in [0.5, 0.6) is 0 Å². The van der Waals surface area contributed by atoms with Gasteiger partial charge in [0.05, 0.1) is 0 Å². The summed E-state index contributed by atoms with van der Waals surface area (Å²) < 4.78 is 0. The first kappa shape index (κ1) is 13.6. The van der Waals surface area contributed by atoms with Gasteiger partial charge in [-0.05, 0) is 31.1 Å². The fourth-order valence-electron chi connectivity index (χ4n) is 1.94. The van der Waals surface area contributed by atoms with Crippen molar-refractivity contribution in [2.24, 2.45) is 0 Å². The Morgan fingerprint density at radius 2 is 1.47 bits per heavy atom. The van der Waals surface area contributed by atoms with E-state index in [0.717, 1.165) is 16.7 Å². The second-order valence-corrected chi connectivity index (χ2v) is 4.83. The number of Topliss-reactive ketones (excluding diaryl/α,β-unsaturated/α-hetero) is 1. The molecule has 0 atom stereocenters. The number of benzene rings is 2. The molecule has 0 N–H and O–H groups in total. The highest BCUT2D eigenvalue weighted by Gasteiger charge is 2.12. The standard InChI is InChI=1S/C17H15ClO/c1-12(15-10-6-7-11-16(15)18)13(2)17(19)14-8-4-3-5-9-14/h3-11H,1-2H3/b13-12+. The lowest BCUT2D eigenvalue weighted by Gasteiger charge is -2.09. The van der Waals surface area contributed by atoms with Crippen molar-refractivity contribution >= 4 is 23.0 Å². The van der Waals surface area contributed by atoms with Gasteiger partial charge < -0.3 is 0 Å². The molecule has 0 amide bonds. The molecule has 1 nitrogen and oxygen atoms in total. The van der Waals surface area contributed by atoms with Gasteiger partial charge in [-0.25, -0.2) is 0 Å². The number of ketones is 1. The van der Waals surface area contributed by atoms with Crippen LogP contribution >= 0.6 is 11.6 Å². The van der Waals surface area contributed by atoms with E-state index in [-0.39, 0.29) is 5.78 Å². The predicted molar refractivity (Wildman–Crippen MR) is 80.5 cm³/mol. The summed E-state index contributed by atoms with van der Waals surface area (Å²) in [6.45, 7) is 3.77. The molecule has 0 radical (unpaired) electrons. The molecule has 0 heterocycles. The Labute approximate surface area is 118 Å². The number of hydrogen-bond acceptors (Lipinski definition) is 1. The van der Waals surface area contributed by atoms with E-state index in [1.807, 2.05) is 68.4 Å². The number of hydrogen-bond donors (Lipinski definition) is 0. The quantitative estimate of drug-likeness (QED) is 0.566. The van der Waals surface area contributed by atoms with Crippen molar-refractivity contribution in [2.45, 2.75) is 13.8 Å². The van der Waals surface area contributed by atoms with Crippen molar-refractivity contribution in [2.75, 3.05) is 0 Å². The zero-order valence-electron chi connectivity index (χ0n) is 11.0. The summed E-state index contributed by atoms with van der Waals surface area (Å²) in [6.07, 6.45) is 0. The summed E-state index contributed by atoms with van der Waals surface area (Å²) in [4.78, 5) is 12.4. The van der Waals surface area contributed by atoms with Crippen LogP contribution in [0.3, 0.4) is 0 Å². The molecule has 0 spiro atoms. The Kier molecular flexibility index (Phi) is 4.18. The summed E-state index contributed by atoms with van der Waals surface area (Å²) >= 11 is 6.17. The fraction of sp³-hybridized carbons (Fsp3) is 0.118. The number of allylic oxidation sites excluding steroid dienone is 2. The van der Waals surface area contributed by atoms with E-state index >= 15 is 0 Å². The van der Waals surface area contributed by atoms with Gasteiger partial charge in [-0.3, -0.25) is 4.79 Å². The minimum atomic E-state index is 0.0398. The summed E-state index contributed by atoms with van der Waals surface area (Å²) in [6, 6.07) is 16.9. The molecule has 0 unspecified atom stereocenters. The molecule has 96 valence electrons. The molecule has 0 fully saturated rings. The van der Waals surface area contributed by atoms with Crippen molar-refractivity contribution < 1.29 is 4.79 Å². The highest BCUT2D eigenvalue weighted by Crippen LogP contribution is 2.27. The molecule has 0 aliphatic heterocycles. The molecule has 2 aromatic carbocycles. The first-order chi connectivity index (χ1) is 9.11. The van der Waals surface area contributed by atoms with Crippen molar-refractivity contribution in [3.8, 4) is 0 Å². The lowest BCUT2D eigenvalue weighted by atomic mass is 9.96. The number of carbonyl (C=O) groups is 1. The molecule has 0 saturated heterocycles. The Hall–Kier alpha value is -1.86. The largest absolute Gasteiger partial charge is 0.289 e. The molecule has 0 aliphatic carbocycles. The minimum Gasteiger partial charge on any atom is -0.289 e. The van der Waals surface area contributed by atoms with Crippen LogP contribution in [0.15, 0.2) is 60.2 Å². The zero-order chi connectivity index (χ0) is 13.8. The van der Waals surface area contributed by atoms with Crippen LogP contribution in [0.2, 0.25) is 5.02 Å². The summed E-state index contributed by atoms with van der Waals surface area (Å²) in [5.74, 6) is 0.0398. The topological polar surface area (TPSA) is 17.1 Å². The summed E-state index contributed by atoms with van der Waals surface area (Å²) in [5, 5.41) is 0.667. The summed E-state index contributed by atoms with van der Waals surface area (Å²) in [7, 11) is 0. The van der Waals surface area contributed by atoms with E-state index in [4.69, 9.17) is 11.6 Å². The van der Waals surface area contributed by atoms with Gasteiger partial charge in [-0.1, -0.05) is 60.1 Å². The number of halogens is 1. The molecule has 19 heavy (non-hydrogen) atoms. The van der Waals surface area contributed by atoms with Gasteiger partial charge in [0, 0.05) is 16.2 Å². The van der Waals surface area contributed by atoms with Gasteiger partial charge in [-0.15, -0.1) is 0 Å². The van der Waals surface area contributed by atoms with E-state index in [1.165, 1.54) is 0 Å². The molecule has 0 aliphatic rings. The highest BCUT2D eigenvalue weighted by atomic mass is 35.5. The van der Waals surface area contributed by atoms with Crippen LogP contribution in [-0.4, -0.2) is 5.78 Å². The van der Waals surface area contributed by atoms with Gasteiger partial charge in [0.1, 0.15) is 0 Å². The van der Waals surface area contributed by atoms with Crippen molar-refractivity contribution in [3.63, 3.8) is 0 Å². The highest BCUT2D eigenvalue weighted by molar-refractivity contribution is 6.32. The predicted octanol–water partition coefficient (Wildman–Crippen LogP) is 5.02. The van der Waals surface area contributed by atoms with E-state index in [0.29, 0.717) is 10.6 Å². The third-order valence-electron chi connectivity index (χ3n) is 3.22. The van der Waals surface area contributed by atoms with Gasteiger partial charge in [0.2, 0.25) is 0 Å². The molecule has 2 rings (SSSR count). The monoisotopic (exact) mass is 270 g/mol. The lowest BCUT2D eigenvalue weighted by Crippen LogP contribution is -2.02. The molecule has 0 saturated carbocycles. The Balaban J connectivity index is 2.42. The van der Waals surface area contributed by atoms with E-state index in [1.54, 1.807) is 0 Å². The molecule has 0 bridgehead atoms. The van der Waals surface area contributed by atoms with Crippen molar-refractivity contribution in [1.82, 2.24) is 0 Å². The van der Waals surface area contributed by atoms with Crippen LogP contribution in [0.1, 0.15) is 29.8 Å². The maximum absolute atomic E-state index is 12.4. The van der Waals surface area contributed by atoms with Crippen molar-refractivity contribution in [3.05, 3.63) is 76.3 Å². The molecule has 2 aromatic rings. The lowest BCUT2D eigenvalue weighted by molar-refractivity contribution is 0.103. The van der Waals surface area contributed by atoms with Gasteiger partial charge in [0.15, 0.2) is 5.78 Å². The number of carbonyl (C=O) groups excluding carboxylic acids is 1. The Bertz CT molecular complexity index is 627. The van der Waals surface area contributed by atoms with Gasteiger partial charge >= 0.3 is 0 Å². The normalized spacial score (nSPS) is 11.9. The third-order valence-corrected chi connectivity index (χ3v) is 3.55. The third kappa shape index (κ3) is 2.94. The Morgan fingerprint density at radius 1 is 0.895 bits per heavy atom. The smallest absolute Gasteiger partial charge is 0.189 e. The maximum atomic E-state index is 12.4. The van der Waals surface area contributed by atoms with E-state index < -0.39 is 0 Å². The second kappa shape index (κ2) is 5.85. The summed E-state index contributed by atoms with van der Waals surface area (Å²) in [5.41, 5.74) is 3.25. The Morgan fingerprint density at radius 3 is 2.11 bits per heavy atom. The number of rotatable bonds is 3. The van der Waals surface area contributed by atoms with Crippen LogP contribution in [0.25, 0.3) is 5.57 Å². The first-order valence-corrected chi connectivity index (χ1v) is 6.51. The van der Waals surface area contributed by atoms with Crippen LogP contribution in [0.4, 0.5) is 0 Å². The molecule has 0 aromatic heterocycles. The van der Waals surface area contributed by atoms with Crippen molar-refractivity contribution in [1.29, 1.82) is 0 Å². The van der Waals surface area contributed by atoms with E-state index in [2.05, 4.69) is 0 Å². The van der Waals surface area contributed by atoms with Crippen LogP contribution in [0, 0.1) is 0 Å². The minimum absolute atomic E-state index is 0.0398. The fourth-order valence-corrected chi connectivity index (χ4v) is 2.22. The average Bonchev–Trinajstić information content (AvgIpc) is 2.46. The SMILES string of the molecule is C/C(C(=O)c1ccccc1)=C(/C)c1ccccc1Cl. The molecule has 2 heteroatoms. The average molecular weight is 271 g/mol. The van der Waals surface area contributed by atoms with Crippen LogP contribution in [-0.2, 0) is 0 Å². The van der Waals surface area contributed by atoms with Gasteiger partial charge in [0.25, 0.3) is 0 Å². The zero-order valence-corrected chi connectivity index (χ0v) is 11.7. The maximum Gasteiger partial charge on any atom is 0.189 e. The van der Waals surface area contributed by atoms with E-state index in [9.17, 15) is 4.79 Å². The first-order valence-electron chi connectivity index (χ1n) is 6.13. The molecular formula is C17H15ClO. The molecular weight excluding hydrogens is 256 g/mol. The second-order valence-electron chi connectivity index (χ2n) is 4.42. The van der Waals surface area contributed by atoms with Gasteiger partial charge in [-0.2, -0.15) is 0 Å². The van der Waals surface area contributed by atoms with Crippen LogP contribution < -0.4 is 0 Å².